The van der Waals surface area contributed by atoms with E-state index in [1.165, 1.54) is 5.56 Å². The molecule has 0 radical (unpaired) electrons. The summed E-state index contributed by atoms with van der Waals surface area (Å²) in [6.07, 6.45) is 1.97. The Kier molecular flexibility index (Phi) is 4.45. The number of aryl methyl sites for hydroxylation is 1. The fourth-order valence-electron chi connectivity index (χ4n) is 1.65. The third-order valence-electron chi connectivity index (χ3n) is 2.69. The van der Waals surface area contributed by atoms with Gasteiger partial charge in [-0.1, -0.05) is 60.2 Å². The normalized spacial score (nSPS) is 10.6. The summed E-state index contributed by atoms with van der Waals surface area (Å²) in [6.45, 7) is 2.02. The van der Waals surface area contributed by atoms with Crippen molar-refractivity contribution in [1.29, 1.82) is 0 Å². The molecular formula is C16H16N2O. The lowest BCUT2D eigenvalue weighted by atomic mass is 10.1. The molecule has 2 aromatic carbocycles. The molecule has 19 heavy (non-hydrogen) atoms. The number of nitrogens with zero attached hydrogens (tertiary/aromatic N) is 1. The minimum Gasteiger partial charge on any atom is -0.273 e. The van der Waals surface area contributed by atoms with Crippen molar-refractivity contribution in [1.82, 2.24) is 5.43 Å². The van der Waals surface area contributed by atoms with Crippen LogP contribution in [0.15, 0.2) is 59.7 Å². The maximum atomic E-state index is 11.7. The van der Waals surface area contributed by atoms with Gasteiger partial charge in [-0.25, -0.2) is 5.43 Å². The summed E-state index contributed by atoms with van der Waals surface area (Å²) in [4.78, 5) is 11.7. The van der Waals surface area contributed by atoms with E-state index in [-0.39, 0.29) is 5.91 Å². The van der Waals surface area contributed by atoms with Crippen LogP contribution in [0.5, 0.6) is 0 Å². The molecule has 0 saturated carbocycles. The molecule has 96 valence electrons. The number of rotatable bonds is 4. The molecule has 0 spiro atoms. The van der Waals surface area contributed by atoms with Crippen molar-refractivity contribution < 1.29 is 4.79 Å². The zero-order chi connectivity index (χ0) is 13.5. The third-order valence-corrected chi connectivity index (χ3v) is 2.69. The second kappa shape index (κ2) is 6.50. The Morgan fingerprint density at radius 3 is 2.47 bits per heavy atom. The molecule has 0 aliphatic rings. The molecule has 0 aliphatic heterocycles. The van der Waals surface area contributed by atoms with Gasteiger partial charge in [0.1, 0.15) is 0 Å². The molecule has 1 N–H and O–H groups in total. The van der Waals surface area contributed by atoms with Crippen LogP contribution in [0.25, 0.3) is 0 Å². The number of hydrogen-bond donors (Lipinski definition) is 1. The Hall–Kier alpha value is -2.42. The maximum Gasteiger partial charge on any atom is 0.244 e. The number of benzene rings is 2. The predicted molar refractivity (Wildman–Crippen MR) is 77.1 cm³/mol. The molecular weight excluding hydrogens is 236 g/mol. The Morgan fingerprint density at radius 1 is 1.11 bits per heavy atom. The SMILES string of the molecule is Cc1ccc(CC(=O)NN=Cc2ccccc2)cc1. The lowest BCUT2D eigenvalue weighted by Gasteiger charge is -2.01. The minimum atomic E-state index is -0.115. The first-order valence-electron chi connectivity index (χ1n) is 6.16. The van der Waals surface area contributed by atoms with Gasteiger partial charge in [-0.05, 0) is 18.1 Å². The molecule has 3 nitrogen and oxygen atoms in total. The van der Waals surface area contributed by atoms with Gasteiger partial charge in [0.2, 0.25) is 5.91 Å². The molecule has 1 amide bonds. The zero-order valence-electron chi connectivity index (χ0n) is 10.8. The fourth-order valence-corrected chi connectivity index (χ4v) is 1.65. The monoisotopic (exact) mass is 252 g/mol. The van der Waals surface area contributed by atoms with Crippen LogP contribution < -0.4 is 5.43 Å². The van der Waals surface area contributed by atoms with E-state index >= 15 is 0 Å². The van der Waals surface area contributed by atoms with E-state index in [9.17, 15) is 4.79 Å². The Morgan fingerprint density at radius 2 is 1.79 bits per heavy atom. The Bertz CT molecular complexity index is 559. The fraction of sp³-hybridized carbons (Fsp3) is 0.125. The van der Waals surface area contributed by atoms with Gasteiger partial charge in [-0.2, -0.15) is 5.10 Å². The average Bonchev–Trinajstić information content (AvgIpc) is 2.43. The van der Waals surface area contributed by atoms with Gasteiger partial charge < -0.3 is 0 Å². The molecule has 0 heterocycles. The second-order valence-corrected chi connectivity index (χ2v) is 4.37. The van der Waals surface area contributed by atoms with E-state index in [0.29, 0.717) is 6.42 Å². The van der Waals surface area contributed by atoms with Gasteiger partial charge in [0, 0.05) is 0 Å². The zero-order valence-corrected chi connectivity index (χ0v) is 10.8. The van der Waals surface area contributed by atoms with Crippen molar-refractivity contribution in [3.8, 4) is 0 Å². The van der Waals surface area contributed by atoms with Crippen LogP contribution in [0.3, 0.4) is 0 Å². The van der Waals surface area contributed by atoms with Crippen LogP contribution in [-0.4, -0.2) is 12.1 Å². The van der Waals surface area contributed by atoms with Crippen molar-refractivity contribution in [3.05, 3.63) is 71.3 Å². The van der Waals surface area contributed by atoms with Crippen LogP contribution in [0.4, 0.5) is 0 Å². The number of carbonyl (C=O) groups excluding carboxylic acids is 1. The van der Waals surface area contributed by atoms with Gasteiger partial charge in [0.05, 0.1) is 12.6 Å². The summed E-state index contributed by atoms with van der Waals surface area (Å²) in [7, 11) is 0. The number of amides is 1. The molecule has 0 aliphatic carbocycles. The topological polar surface area (TPSA) is 41.5 Å². The molecule has 0 fully saturated rings. The highest BCUT2D eigenvalue weighted by molar-refractivity contribution is 5.83. The lowest BCUT2D eigenvalue weighted by molar-refractivity contribution is -0.120. The van der Waals surface area contributed by atoms with Crippen molar-refractivity contribution in [2.24, 2.45) is 5.10 Å². The van der Waals surface area contributed by atoms with E-state index in [0.717, 1.165) is 11.1 Å². The van der Waals surface area contributed by atoms with Crippen LogP contribution >= 0.6 is 0 Å². The van der Waals surface area contributed by atoms with E-state index < -0.39 is 0 Å². The Balaban J connectivity index is 1.85. The van der Waals surface area contributed by atoms with Gasteiger partial charge >= 0.3 is 0 Å². The summed E-state index contributed by atoms with van der Waals surface area (Å²) < 4.78 is 0. The summed E-state index contributed by atoms with van der Waals surface area (Å²) in [6, 6.07) is 17.5. The third kappa shape index (κ3) is 4.39. The van der Waals surface area contributed by atoms with E-state index in [1.54, 1.807) is 6.21 Å². The molecule has 2 aromatic rings. The molecule has 0 aromatic heterocycles. The second-order valence-electron chi connectivity index (χ2n) is 4.37. The largest absolute Gasteiger partial charge is 0.273 e. The van der Waals surface area contributed by atoms with Crippen molar-refractivity contribution in [2.75, 3.05) is 0 Å². The van der Waals surface area contributed by atoms with Crippen LogP contribution in [0, 0.1) is 6.92 Å². The number of hydrogen-bond acceptors (Lipinski definition) is 2. The molecule has 0 atom stereocenters. The molecule has 0 saturated heterocycles. The lowest BCUT2D eigenvalue weighted by Crippen LogP contribution is -2.19. The summed E-state index contributed by atoms with van der Waals surface area (Å²) in [5, 5.41) is 3.93. The number of hydrazone groups is 1. The smallest absolute Gasteiger partial charge is 0.244 e. The van der Waals surface area contributed by atoms with Crippen LogP contribution in [0.2, 0.25) is 0 Å². The van der Waals surface area contributed by atoms with Gasteiger partial charge in [0.15, 0.2) is 0 Å². The number of carbonyl (C=O) groups is 1. The van der Waals surface area contributed by atoms with Crippen LogP contribution in [-0.2, 0) is 11.2 Å². The highest BCUT2D eigenvalue weighted by Crippen LogP contribution is 2.03. The quantitative estimate of drug-likeness (QED) is 0.659. The highest BCUT2D eigenvalue weighted by Gasteiger charge is 2.01. The van der Waals surface area contributed by atoms with Crippen molar-refractivity contribution in [2.45, 2.75) is 13.3 Å². The summed E-state index contributed by atoms with van der Waals surface area (Å²) in [5.41, 5.74) is 5.65. The van der Waals surface area contributed by atoms with Crippen molar-refractivity contribution >= 4 is 12.1 Å². The highest BCUT2D eigenvalue weighted by atomic mass is 16.2. The molecule has 2 rings (SSSR count). The molecule has 0 unspecified atom stereocenters. The molecule has 3 heteroatoms. The Labute approximate surface area is 113 Å². The van der Waals surface area contributed by atoms with Crippen molar-refractivity contribution in [3.63, 3.8) is 0 Å². The van der Waals surface area contributed by atoms with Gasteiger partial charge in [-0.3, -0.25) is 4.79 Å². The predicted octanol–water partition coefficient (Wildman–Crippen LogP) is 2.69. The van der Waals surface area contributed by atoms with Gasteiger partial charge in [-0.15, -0.1) is 0 Å². The van der Waals surface area contributed by atoms with E-state index in [2.05, 4.69) is 10.5 Å². The standard InChI is InChI=1S/C16H16N2O/c1-13-7-9-14(10-8-13)11-16(19)18-17-12-15-5-3-2-4-6-15/h2-10,12H,11H2,1H3,(H,18,19). The summed E-state index contributed by atoms with van der Waals surface area (Å²) >= 11 is 0. The first-order valence-corrected chi connectivity index (χ1v) is 6.16. The van der Waals surface area contributed by atoms with E-state index in [4.69, 9.17) is 0 Å². The van der Waals surface area contributed by atoms with Gasteiger partial charge in [0.25, 0.3) is 0 Å². The number of nitrogens with one attached hydrogen (secondary N) is 1. The summed E-state index contributed by atoms with van der Waals surface area (Å²) in [5.74, 6) is -0.115. The average molecular weight is 252 g/mol. The molecule has 0 bridgehead atoms. The minimum absolute atomic E-state index is 0.115. The van der Waals surface area contributed by atoms with E-state index in [1.807, 2.05) is 61.5 Å². The van der Waals surface area contributed by atoms with Crippen LogP contribution in [0.1, 0.15) is 16.7 Å². The first-order chi connectivity index (χ1) is 9.24. The maximum absolute atomic E-state index is 11.7. The first kappa shape index (κ1) is 13.0.